The first-order chi connectivity index (χ1) is 12.1. The maximum absolute atomic E-state index is 11.9. The Balaban J connectivity index is 1.51. The summed E-state index contributed by atoms with van der Waals surface area (Å²) in [5, 5.41) is 12.9. The lowest BCUT2D eigenvalue weighted by atomic mass is 10.1. The Morgan fingerprint density at radius 1 is 1.00 bits per heavy atom. The van der Waals surface area contributed by atoms with E-state index < -0.39 is 4.92 Å². The zero-order valence-electron chi connectivity index (χ0n) is 13.3. The van der Waals surface area contributed by atoms with Gasteiger partial charge in [0.15, 0.2) is 0 Å². The molecule has 5 nitrogen and oxygen atoms in total. The fraction of sp³-hybridized carbons (Fsp3) is 0.105. The van der Waals surface area contributed by atoms with E-state index in [9.17, 15) is 14.9 Å². The quantitative estimate of drug-likeness (QED) is 0.281. The summed E-state index contributed by atoms with van der Waals surface area (Å²) < 4.78 is 5.21. The van der Waals surface area contributed by atoms with Crippen molar-refractivity contribution in [2.45, 2.75) is 11.5 Å². The number of hydrogen-bond acceptors (Lipinski definition) is 5. The number of thioether (sulfide) groups is 1. The maximum atomic E-state index is 11.9. The molecule has 25 heavy (non-hydrogen) atoms. The van der Waals surface area contributed by atoms with Crippen LogP contribution in [0, 0.1) is 10.1 Å². The monoisotopic (exact) mass is 353 g/mol. The Morgan fingerprint density at radius 3 is 2.44 bits per heavy atom. The predicted molar refractivity (Wildman–Crippen MR) is 97.6 cm³/mol. The molecule has 0 saturated heterocycles. The number of fused-ring (bicyclic) bond motifs is 1. The molecule has 0 bridgehead atoms. The Hall–Kier alpha value is -2.86. The second-order valence-electron chi connectivity index (χ2n) is 5.38. The van der Waals surface area contributed by atoms with Crippen molar-refractivity contribution in [1.29, 1.82) is 0 Å². The molecule has 3 aromatic rings. The smallest absolute Gasteiger partial charge is 0.316 e. The average molecular weight is 353 g/mol. The van der Waals surface area contributed by atoms with Crippen molar-refractivity contribution in [3.8, 4) is 0 Å². The second-order valence-corrected chi connectivity index (χ2v) is 6.43. The van der Waals surface area contributed by atoms with E-state index in [-0.39, 0.29) is 24.0 Å². The van der Waals surface area contributed by atoms with Crippen LogP contribution in [0.3, 0.4) is 0 Å². The van der Waals surface area contributed by atoms with E-state index in [0.717, 1.165) is 21.2 Å². The Kier molecular flexibility index (Phi) is 5.30. The van der Waals surface area contributed by atoms with Gasteiger partial charge in [-0.2, -0.15) is 0 Å². The Bertz CT molecular complexity index is 909. The van der Waals surface area contributed by atoms with Gasteiger partial charge in [-0.05, 0) is 40.6 Å². The summed E-state index contributed by atoms with van der Waals surface area (Å²) in [4.78, 5) is 23.0. The van der Waals surface area contributed by atoms with Crippen LogP contribution >= 0.6 is 11.8 Å². The molecular formula is C19H15NO4S. The summed E-state index contributed by atoms with van der Waals surface area (Å²) in [6.45, 7) is 0.106. The van der Waals surface area contributed by atoms with Crippen LogP contribution in [-0.4, -0.2) is 16.6 Å². The van der Waals surface area contributed by atoms with E-state index in [4.69, 9.17) is 4.74 Å². The van der Waals surface area contributed by atoms with Crippen molar-refractivity contribution in [2.75, 3.05) is 5.75 Å². The zero-order valence-corrected chi connectivity index (χ0v) is 14.1. The van der Waals surface area contributed by atoms with Crippen molar-refractivity contribution < 1.29 is 14.5 Å². The molecule has 126 valence electrons. The van der Waals surface area contributed by atoms with Crippen LogP contribution in [0.2, 0.25) is 0 Å². The molecule has 0 atom stereocenters. The van der Waals surface area contributed by atoms with Crippen LogP contribution in [0.4, 0.5) is 5.69 Å². The third-order valence-electron chi connectivity index (χ3n) is 3.62. The first-order valence-electron chi connectivity index (χ1n) is 7.62. The standard InChI is InChI=1S/C19H15NO4S/c21-19(24-12-14-5-8-17(9-6-14)20(22)23)13-25-18-10-7-15-3-1-2-4-16(15)11-18/h1-11H,12-13H2. The van der Waals surface area contributed by atoms with Gasteiger partial charge < -0.3 is 4.74 Å². The highest BCUT2D eigenvalue weighted by molar-refractivity contribution is 8.00. The first-order valence-corrected chi connectivity index (χ1v) is 8.61. The molecule has 0 N–H and O–H groups in total. The van der Waals surface area contributed by atoms with Gasteiger partial charge in [0.1, 0.15) is 6.61 Å². The highest BCUT2D eigenvalue weighted by Gasteiger charge is 2.07. The van der Waals surface area contributed by atoms with Crippen molar-refractivity contribution in [1.82, 2.24) is 0 Å². The third-order valence-corrected chi connectivity index (χ3v) is 4.59. The van der Waals surface area contributed by atoms with Crippen LogP contribution in [0.1, 0.15) is 5.56 Å². The van der Waals surface area contributed by atoms with E-state index >= 15 is 0 Å². The topological polar surface area (TPSA) is 69.4 Å². The van der Waals surface area contributed by atoms with E-state index in [1.165, 1.54) is 23.9 Å². The first kappa shape index (κ1) is 17.0. The van der Waals surface area contributed by atoms with Crippen molar-refractivity contribution >= 4 is 34.2 Å². The van der Waals surface area contributed by atoms with Crippen LogP contribution in [0.25, 0.3) is 10.8 Å². The summed E-state index contributed by atoms with van der Waals surface area (Å²) in [5.41, 5.74) is 0.733. The van der Waals surface area contributed by atoms with Gasteiger partial charge in [-0.3, -0.25) is 14.9 Å². The minimum atomic E-state index is -0.462. The maximum Gasteiger partial charge on any atom is 0.316 e. The lowest BCUT2D eigenvalue weighted by Crippen LogP contribution is -2.07. The number of non-ortho nitro benzene ring substituents is 1. The van der Waals surface area contributed by atoms with Crippen molar-refractivity contribution in [3.05, 3.63) is 82.4 Å². The molecule has 0 spiro atoms. The normalized spacial score (nSPS) is 10.6. The van der Waals surface area contributed by atoms with Crippen LogP contribution in [0.15, 0.2) is 71.6 Å². The summed E-state index contributed by atoms with van der Waals surface area (Å²) in [6, 6.07) is 20.1. The van der Waals surface area contributed by atoms with Crippen molar-refractivity contribution in [3.63, 3.8) is 0 Å². The number of rotatable bonds is 6. The Morgan fingerprint density at radius 2 is 1.72 bits per heavy atom. The van der Waals surface area contributed by atoms with E-state index in [1.807, 2.05) is 42.5 Å². The third kappa shape index (κ3) is 4.58. The van der Waals surface area contributed by atoms with Gasteiger partial charge in [-0.15, -0.1) is 11.8 Å². The van der Waals surface area contributed by atoms with Crippen molar-refractivity contribution in [2.24, 2.45) is 0 Å². The number of carbonyl (C=O) groups is 1. The molecule has 6 heteroatoms. The average Bonchev–Trinajstić information content (AvgIpc) is 2.65. The molecule has 0 aromatic heterocycles. The summed E-state index contributed by atoms with van der Waals surface area (Å²) in [5.74, 6) is -0.109. The van der Waals surface area contributed by atoms with Crippen LogP contribution in [0.5, 0.6) is 0 Å². The molecule has 0 aliphatic rings. The molecule has 0 amide bonds. The molecule has 0 unspecified atom stereocenters. The van der Waals surface area contributed by atoms with Crippen LogP contribution < -0.4 is 0 Å². The SMILES string of the molecule is O=C(CSc1ccc2ccccc2c1)OCc1ccc([N+](=O)[O-])cc1. The van der Waals surface area contributed by atoms with E-state index in [0.29, 0.717) is 0 Å². The highest BCUT2D eigenvalue weighted by Crippen LogP contribution is 2.23. The molecule has 0 radical (unpaired) electrons. The number of benzene rings is 3. The summed E-state index contributed by atoms with van der Waals surface area (Å²) >= 11 is 1.42. The van der Waals surface area contributed by atoms with E-state index in [2.05, 4.69) is 0 Å². The lowest BCUT2D eigenvalue weighted by molar-refractivity contribution is -0.384. The van der Waals surface area contributed by atoms with Gasteiger partial charge in [0.25, 0.3) is 5.69 Å². The number of nitrogens with zero attached hydrogens (tertiary/aromatic N) is 1. The van der Waals surface area contributed by atoms with Gasteiger partial charge in [0.2, 0.25) is 0 Å². The van der Waals surface area contributed by atoms with Gasteiger partial charge in [-0.1, -0.05) is 30.3 Å². The Labute approximate surface area is 148 Å². The number of nitro benzene ring substituents is 1. The zero-order chi connectivity index (χ0) is 17.6. The molecular weight excluding hydrogens is 338 g/mol. The lowest BCUT2D eigenvalue weighted by Gasteiger charge is -2.06. The summed E-state index contributed by atoms with van der Waals surface area (Å²) in [6.07, 6.45) is 0. The number of ether oxygens (including phenoxy) is 1. The minimum absolute atomic E-state index is 0.0157. The molecule has 3 rings (SSSR count). The molecule has 0 aliphatic heterocycles. The van der Waals surface area contributed by atoms with Gasteiger partial charge >= 0.3 is 5.97 Å². The number of nitro groups is 1. The second kappa shape index (κ2) is 7.81. The number of hydrogen-bond donors (Lipinski definition) is 0. The summed E-state index contributed by atoms with van der Waals surface area (Å²) in [7, 11) is 0. The molecule has 0 heterocycles. The minimum Gasteiger partial charge on any atom is -0.460 e. The fourth-order valence-corrected chi connectivity index (χ4v) is 3.06. The van der Waals surface area contributed by atoms with Gasteiger partial charge in [0.05, 0.1) is 10.7 Å². The molecule has 0 saturated carbocycles. The van der Waals surface area contributed by atoms with Gasteiger partial charge in [0, 0.05) is 17.0 Å². The predicted octanol–water partition coefficient (Wildman–Crippen LogP) is 4.58. The highest BCUT2D eigenvalue weighted by atomic mass is 32.2. The van der Waals surface area contributed by atoms with E-state index in [1.54, 1.807) is 12.1 Å². The number of esters is 1. The number of carbonyl (C=O) groups excluding carboxylic acids is 1. The molecule has 3 aromatic carbocycles. The molecule has 0 aliphatic carbocycles. The van der Waals surface area contributed by atoms with Crippen LogP contribution in [-0.2, 0) is 16.1 Å². The van der Waals surface area contributed by atoms with Gasteiger partial charge in [-0.25, -0.2) is 0 Å². The molecule has 0 fully saturated rings. The fourth-order valence-electron chi connectivity index (χ4n) is 2.32. The largest absolute Gasteiger partial charge is 0.460 e.